The lowest BCUT2D eigenvalue weighted by Gasteiger charge is -2.31. The van der Waals surface area contributed by atoms with Gasteiger partial charge < -0.3 is 20.5 Å². The largest absolute Gasteiger partial charge is 0.484 e. The Kier molecular flexibility index (Phi) is 8.92. The molecular formula is C18H22Cl2FN3O3. The number of nitrogens with two attached hydrogens (primary N) is 1. The van der Waals surface area contributed by atoms with Crippen LogP contribution in [0.5, 0.6) is 5.75 Å². The highest BCUT2D eigenvalue weighted by Gasteiger charge is 2.35. The van der Waals surface area contributed by atoms with Gasteiger partial charge in [-0.05, 0) is 37.1 Å². The number of nitrogens with one attached hydrogen (secondary N) is 1. The zero-order chi connectivity index (χ0) is 17.7. The van der Waals surface area contributed by atoms with Crippen LogP contribution in [0.2, 0.25) is 0 Å². The zero-order valence-corrected chi connectivity index (χ0v) is 16.2. The van der Waals surface area contributed by atoms with Crippen molar-refractivity contribution in [1.29, 1.82) is 0 Å². The van der Waals surface area contributed by atoms with Crippen LogP contribution in [0, 0.1) is 5.82 Å². The number of hydrogen-bond acceptors (Lipinski definition) is 5. The van der Waals surface area contributed by atoms with E-state index in [1.54, 1.807) is 24.4 Å². The van der Waals surface area contributed by atoms with Crippen molar-refractivity contribution in [3.8, 4) is 5.75 Å². The molecule has 0 bridgehead atoms. The van der Waals surface area contributed by atoms with Gasteiger partial charge in [0.15, 0.2) is 11.6 Å². The van der Waals surface area contributed by atoms with Crippen molar-refractivity contribution in [2.75, 3.05) is 18.5 Å². The number of halogens is 3. The lowest BCUT2D eigenvalue weighted by Crippen LogP contribution is -2.54. The highest BCUT2D eigenvalue weighted by atomic mass is 35.5. The Morgan fingerprint density at radius 2 is 2.00 bits per heavy atom. The Labute approximate surface area is 169 Å². The number of nitrogens with zero attached hydrogens (tertiary/aromatic N) is 1. The molecule has 1 saturated heterocycles. The van der Waals surface area contributed by atoms with Crippen molar-refractivity contribution in [2.24, 2.45) is 5.73 Å². The van der Waals surface area contributed by atoms with E-state index < -0.39 is 11.4 Å². The molecule has 3 N–H and O–H groups in total. The van der Waals surface area contributed by atoms with Crippen molar-refractivity contribution in [3.63, 3.8) is 0 Å². The Balaban J connectivity index is 0.00000182. The molecule has 0 unspecified atom stereocenters. The van der Waals surface area contributed by atoms with Crippen LogP contribution < -0.4 is 15.8 Å². The van der Waals surface area contributed by atoms with Crippen LogP contribution in [0.4, 0.5) is 10.1 Å². The Morgan fingerprint density at radius 1 is 1.26 bits per heavy atom. The first-order valence-electron chi connectivity index (χ1n) is 8.07. The van der Waals surface area contributed by atoms with Gasteiger partial charge in [0.2, 0.25) is 5.91 Å². The maximum atomic E-state index is 14.2. The van der Waals surface area contributed by atoms with Crippen molar-refractivity contribution >= 4 is 36.4 Å². The topological polar surface area (TPSA) is 86.5 Å². The molecule has 2 heterocycles. The minimum Gasteiger partial charge on any atom is -0.484 e. The van der Waals surface area contributed by atoms with E-state index in [9.17, 15) is 9.18 Å². The van der Waals surface area contributed by atoms with Gasteiger partial charge in [-0.2, -0.15) is 0 Å². The van der Waals surface area contributed by atoms with Gasteiger partial charge in [0.25, 0.3) is 0 Å². The molecule has 6 nitrogen and oxygen atoms in total. The van der Waals surface area contributed by atoms with E-state index >= 15 is 0 Å². The summed E-state index contributed by atoms with van der Waals surface area (Å²) < 4.78 is 24.8. The zero-order valence-electron chi connectivity index (χ0n) is 14.5. The van der Waals surface area contributed by atoms with Gasteiger partial charge in [0.1, 0.15) is 12.1 Å². The molecule has 0 aliphatic carbocycles. The average Bonchev–Trinajstić information content (AvgIpc) is 2.62. The second-order valence-electron chi connectivity index (χ2n) is 5.98. The number of aromatic nitrogens is 1. The molecule has 0 spiro atoms. The highest BCUT2D eigenvalue weighted by Crippen LogP contribution is 2.24. The maximum absolute atomic E-state index is 14.2. The van der Waals surface area contributed by atoms with Crippen LogP contribution in [0.15, 0.2) is 42.6 Å². The molecule has 1 fully saturated rings. The van der Waals surface area contributed by atoms with E-state index in [0.29, 0.717) is 37.4 Å². The number of ether oxygens (including phenoxy) is 2. The molecule has 0 saturated carbocycles. The third kappa shape index (κ3) is 6.04. The first-order chi connectivity index (χ1) is 12.1. The van der Waals surface area contributed by atoms with E-state index in [2.05, 4.69) is 10.3 Å². The van der Waals surface area contributed by atoms with E-state index in [1.807, 2.05) is 6.07 Å². The average molecular weight is 418 g/mol. The molecule has 1 aromatic heterocycles. The number of benzene rings is 1. The normalized spacial score (nSPS) is 15.0. The summed E-state index contributed by atoms with van der Waals surface area (Å²) in [5, 5.41) is 2.67. The SMILES string of the molecule is Cl.Cl.NC1(C(=O)Nc2ccc(OCc3ccccn3)c(F)c2)CCOCC1. The van der Waals surface area contributed by atoms with Crippen LogP contribution in [-0.4, -0.2) is 29.6 Å². The van der Waals surface area contributed by atoms with Crippen molar-refractivity contribution in [1.82, 2.24) is 4.98 Å². The predicted octanol–water partition coefficient (Wildman–Crippen LogP) is 3.09. The fourth-order valence-electron chi connectivity index (χ4n) is 2.55. The fraction of sp³-hybridized carbons (Fsp3) is 0.333. The Morgan fingerprint density at radius 3 is 2.63 bits per heavy atom. The summed E-state index contributed by atoms with van der Waals surface area (Å²) in [6, 6.07) is 9.69. The summed E-state index contributed by atoms with van der Waals surface area (Å²) in [6.45, 7) is 1.05. The van der Waals surface area contributed by atoms with Crippen LogP contribution in [0.1, 0.15) is 18.5 Å². The number of amides is 1. The maximum Gasteiger partial charge on any atom is 0.244 e. The van der Waals surface area contributed by atoms with Crippen LogP contribution in [0.3, 0.4) is 0 Å². The summed E-state index contributed by atoms with van der Waals surface area (Å²) in [6.07, 6.45) is 2.52. The van der Waals surface area contributed by atoms with Gasteiger partial charge in [-0.15, -0.1) is 24.8 Å². The van der Waals surface area contributed by atoms with Crippen LogP contribution in [0.25, 0.3) is 0 Å². The third-order valence-electron chi connectivity index (χ3n) is 4.13. The molecule has 27 heavy (non-hydrogen) atoms. The molecule has 148 valence electrons. The minimum atomic E-state index is -0.983. The standard InChI is InChI=1S/C18H20FN3O3.2ClH/c19-15-11-13(22-17(23)18(20)6-9-24-10-7-18)4-5-16(15)25-12-14-3-1-2-8-21-14;;/h1-5,8,11H,6-7,9-10,12,20H2,(H,22,23);2*1H. The summed E-state index contributed by atoms with van der Waals surface area (Å²) >= 11 is 0. The lowest BCUT2D eigenvalue weighted by molar-refractivity contribution is -0.124. The van der Waals surface area contributed by atoms with Gasteiger partial charge >= 0.3 is 0 Å². The first-order valence-corrected chi connectivity index (χ1v) is 8.07. The molecule has 0 atom stereocenters. The van der Waals surface area contributed by atoms with E-state index in [0.717, 1.165) is 0 Å². The van der Waals surface area contributed by atoms with Gasteiger partial charge in [-0.3, -0.25) is 9.78 Å². The highest BCUT2D eigenvalue weighted by molar-refractivity contribution is 5.98. The molecule has 3 rings (SSSR count). The summed E-state index contributed by atoms with van der Waals surface area (Å²) in [7, 11) is 0. The molecule has 0 radical (unpaired) electrons. The Bertz CT molecular complexity index is 744. The number of hydrogen-bond donors (Lipinski definition) is 2. The van der Waals surface area contributed by atoms with Crippen molar-refractivity contribution in [2.45, 2.75) is 25.0 Å². The smallest absolute Gasteiger partial charge is 0.244 e. The predicted molar refractivity (Wildman–Crippen MR) is 105 cm³/mol. The summed E-state index contributed by atoms with van der Waals surface area (Å²) in [5.74, 6) is -0.804. The number of pyridine rings is 1. The molecule has 1 amide bonds. The summed E-state index contributed by atoms with van der Waals surface area (Å²) in [4.78, 5) is 16.5. The lowest BCUT2D eigenvalue weighted by atomic mass is 9.90. The second-order valence-corrected chi connectivity index (χ2v) is 5.98. The number of carbonyl (C=O) groups is 1. The first kappa shape index (κ1) is 23.1. The second kappa shape index (κ2) is 10.4. The minimum absolute atomic E-state index is 0. The molecule has 2 aromatic rings. The van der Waals surface area contributed by atoms with Crippen molar-refractivity contribution in [3.05, 3.63) is 54.1 Å². The molecule has 1 aliphatic rings. The van der Waals surface area contributed by atoms with Crippen molar-refractivity contribution < 1.29 is 18.7 Å². The van der Waals surface area contributed by atoms with Gasteiger partial charge in [-0.1, -0.05) is 6.07 Å². The third-order valence-corrected chi connectivity index (χ3v) is 4.13. The van der Waals surface area contributed by atoms with E-state index in [1.165, 1.54) is 12.1 Å². The molecule has 9 heteroatoms. The van der Waals surface area contributed by atoms with E-state index in [4.69, 9.17) is 15.2 Å². The van der Waals surface area contributed by atoms with Crippen LogP contribution >= 0.6 is 24.8 Å². The number of anilines is 1. The van der Waals surface area contributed by atoms with Gasteiger partial charge in [0.05, 0.1) is 5.69 Å². The van der Waals surface area contributed by atoms with Gasteiger partial charge in [0, 0.05) is 31.2 Å². The Hall–Kier alpha value is -1.93. The summed E-state index contributed by atoms with van der Waals surface area (Å²) in [5.41, 5.74) is 6.16. The van der Waals surface area contributed by atoms with Gasteiger partial charge in [-0.25, -0.2) is 4.39 Å². The molecular weight excluding hydrogens is 396 g/mol. The monoisotopic (exact) mass is 417 g/mol. The van der Waals surface area contributed by atoms with E-state index in [-0.39, 0.29) is 43.1 Å². The molecule has 1 aliphatic heterocycles. The quantitative estimate of drug-likeness (QED) is 0.780. The number of carbonyl (C=O) groups excluding carboxylic acids is 1. The number of rotatable bonds is 5. The van der Waals surface area contributed by atoms with Crippen LogP contribution in [-0.2, 0) is 16.1 Å². The fourth-order valence-corrected chi connectivity index (χ4v) is 2.55. The molecule has 1 aromatic carbocycles.